The lowest BCUT2D eigenvalue weighted by Gasteiger charge is -2.16. The van der Waals surface area contributed by atoms with Gasteiger partial charge in [0.1, 0.15) is 0 Å². The van der Waals surface area contributed by atoms with Gasteiger partial charge in [-0.15, -0.1) is 0 Å². The van der Waals surface area contributed by atoms with Crippen LogP contribution in [-0.4, -0.2) is 28.3 Å². The van der Waals surface area contributed by atoms with E-state index in [0.717, 1.165) is 28.8 Å². The van der Waals surface area contributed by atoms with Gasteiger partial charge in [-0.25, -0.2) is 16.8 Å². The van der Waals surface area contributed by atoms with Crippen LogP contribution in [0.4, 0.5) is 0 Å². The van der Waals surface area contributed by atoms with Crippen LogP contribution >= 0.6 is 0 Å². The highest BCUT2D eigenvalue weighted by atomic mass is 32.2. The monoisotopic (exact) mass is 407 g/mol. The molecule has 0 bridgehead atoms. The fourth-order valence-electron chi connectivity index (χ4n) is 3.33. The van der Waals surface area contributed by atoms with Crippen LogP contribution in [0.5, 0.6) is 0 Å². The van der Waals surface area contributed by atoms with Crippen molar-refractivity contribution in [1.29, 1.82) is 0 Å². The molecule has 0 aliphatic heterocycles. The Morgan fingerprint density at radius 1 is 1.11 bits per heavy atom. The molecule has 0 aromatic heterocycles. The van der Waals surface area contributed by atoms with Crippen LogP contribution in [0.2, 0.25) is 0 Å². The first-order valence-electron chi connectivity index (χ1n) is 8.99. The van der Waals surface area contributed by atoms with Crippen molar-refractivity contribution in [2.75, 3.05) is 6.26 Å². The molecule has 1 aromatic carbocycles. The Morgan fingerprint density at radius 3 is 2.52 bits per heavy atom. The Bertz CT molecular complexity index is 1060. The zero-order valence-corrected chi connectivity index (χ0v) is 17.5. The summed E-state index contributed by atoms with van der Waals surface area (Å²) in [6.07, 6.45) is 8.31. The molecule has 2 aliphatic carbocycles. The van der Waals surface area contributed by atoms with E-state index in [2.05, 4.69) is 16.9 Å². The Labute approximate surface area is 161 Å². The van der Waals surface area contributed by atoms with Crippen LogP contribution in [0.25, 0.3) is 0 Å². The van der Waals surface area contributed by atoms with Gasteiger partial charge in [0, 0.05) is 12.0 Å². The summed E-state index contributed by atoms with van der Waals surface area (Å²) in [5, 5.41) is -0.463. The second kappa shape index (κ2) is 7.28. The molecule has 0 amide bonds. The van der Waals surface area contributed by atoms with E-state index in [1.54, 1.807) is 32.0 Å². The lowest BCUT2D eigenvalue weighted by atomic mass is 9.92. The summed E-state index contributed by atoms with van der Waals surface area (Å²) < 4.78 is 50.5. The largest absolute Gasteiger partial charge is 0.287 e. The molecule has 0 unspecified atom stereocenters. The molecule has 3 rings (SSSR count). The van der Waals surface area contributed by atoms with Gasteiger partial charge in [-0.05, 0) is 73.9 Å². The average molecular weight is 408 g/mol. The highest BCUT2D eigenvalue weighted by Gasteiger charge is 2.26. The topological polar surface area (TPSA) is 80.3 Å². The molecule has 0 fully saturated rings. The molecule has 0 saturated carbocycles. The highest BCUT2D eigenvalue weighted by molar-refractivity contribution is 7.90. The van der Waals surface area contributed by atoms with Gasteiger partial charge in [-0.2, -0.15) is 0 Å². The standard InChI is InChI=1S/C20H25NO4S2/c1-14(2)27(24,25)21-20-10-8-17-12-16(7-9-19(17)20)11-15-5-4-6-18(13-15)26(3,22)23/h4-7,12-14,21H,8-11H2,1-3H3. The summed E-state index contributed by atoms with van der Waals surface area (Å²) in [5.41, 5.74) is 5.14. The molecule has 0 saturated heterocycles. The van der Waals surface area contributed by atoms with Crippen molar-refractivity contribution < 1.29 is 16.8 Å². The zero-order valence-electron chi connectivity index (χ0n) is 15.8. The summed E-state index contributed by atoms with van der Waals surface area (Å²) in [6, 6.07) is 7.02. The third-order valence-electron chi connectivity index (χ3n) is 4.95. The molecule has 0 heterocycles. The molecule has 146 valence electrons. The van der Waals surface area contributed by atoms with E-state index >= 15 is 0 Å². The number of allylic oxidation sites excluding steroid dienone is 6. The molecule has 0 spiro atoms. The third kappa shape index (κ3) is 4.52. The summed E-state index contributed by atoms with van der Waals surface area (Å²) >= 11 is 0. The number of rotatable bonds is 6. The minimum atomic E-state index is -3.33. The summed E-state index contributed by atoms with van der Waals surface area (Å²) in [6.45, 7) is 3.34. The maximum Gasteiger partial charge on any atom is 0.234 e. The maximum atomic E-state index is 12.1. The number of sulfonamides is 1. The second-order valence-electron chi connectivity index (χ2n) is 7.40. The molecule has 27 heavy (non-hydrogen) atoms. The van der Waals surface area contributed by atoms with Gasteiger partial charge in [-0.3, -0.25) is 4.72 Å². The van der Waals surface area contributed by atoms with Gasteiger partial charge >= 0.3 is 0 Å². The van der Waals surface area contributed by atoms with Gasteiger partial charge in [0.25, 0.3) is 0 Å². The van der Waals surface area contributed by atoms with Crippen LogP contribution in [0.1, 0.15) is 38.7 Å². The minimum Gasteiger partial charge on any atom is -0.287 e. The van der Waals surface area contributed by atoms with Crippen molar-refractivity contribution in [3.8, 4) is 0 Å². The minimum absolute atomic E-state index is 0.330. The molecule has 1 aromatic rings. The van der Waals surface area contributed by atoms with Gasteiger partial charge < -0.3 is 0 Å². The van der Waals surface area contributed by atoms with Gasteiger partial charge in [-0.1, -0.05) is 24.3 Å². The Hall–Kier alpha value is -1.86. The molecule has 0 atom stereocenters. The molecular weight excluding hydrogens is 382 g/mol. The van der Waals surface area contributed by atoms with E-state index in [1.807, 2.05) is 6.07 Å². The van der Waals surface area contributed by atoms with Crippen molar-refractivity contribution in [2.45, 2.75) is 49.7 Å². The highest BCUT2D eigenvalue weighted by Crippen LogP contribution is 2.37. The summed E-state index contributed by atoms with van der Waals surface area (Å²) in [4.78, 5) is 0.330. The van der Waals surface area contributed by atoms with Crippen molar-refractivity contribution in [3.63, 3.8) is 0 Å². The predicted molar refractivity (Wildman–Crippen MR) is 107 cm³/mol. The molecule has 1 N–H and O–H groups in total. The van der Waals surface area contributed by atoms with Crippen LogP contribution in [0, 0.1) is 0 Å². The molecular formula is C20H25NO4S2. The van der Waals surface area contributed by atoms with E-state index in [4.69, 9.17) is 0 Å². The van der Waals surface area contributed by atoms with Gasteiger partial charge in [0.2, 0.25) is 10.0 Å². The molecule has 5 nitrogen and oxygen atoms in total. The SMILES string of the molecule is CC(C)S(=O)(=O)NC1=C2CC=C(Cc3cccc(S(C)(=O)=O)c3)C=C2CC1. The lowest BCUT2D eigenvalue weighted by Crippen LogP contribution is -2.30. The number of benzene rings is 1. The van der Waals surface area contributed by atoms with Gasteiger partial charge in [0.05, 0.1) is 10.1 Å². The Balaban J connectivity index is 1.79. The fraction of sp³-hybridized carbons (Fsp3) is 0.400. The summed E-state index contributed by atoms with van der Waals surface area (Å²) in [5.74, 6) is 0. The van der Waals surface area contributed by atoms with Gasteiger partial charge in [0.15, 0.2) is 9.84 Å². The molecule has 0 radical (unpaired) electrons. The van der Waals surface area contributed by atoms with E-state index in [1.165, 1.54) is 11.8 Å². The van der Waals surface area contributed by atoms with E-state index in [0.29, 0.717) is 24.2 Å². The van der Waals surface area contributed by atoms with E-state index in [9.17, 15) is 16.8 Å². The smallest absolute Gasteiger partial charge is 0.234 e. The average Bonchev–Trinajstić information content (AvgIpc) is 2.96. The van der Waals surface area contributed by atoms with E-state index in [-0.39, 0.29) is 0 Å². The maximum absolute atomic E-state index is 12.1. The van der Waals surface area contributed by atoms with E-state index < -0.39 is 25.1 Å². The van der Waals surface area contributed by atoms with Crippen LogP contribution in [-0.2, 0) is 26.3 Å². The Morgan fingerprint density at radius 2 is 1.85 bits per heavy atom. The number of fused-ring (bicyclic) bond motifs is 1. The van der Waals surface area contributed by atoms with Crippen molar-refractivity contribution >= 4 is 19.9 Å². The molecule has 7 heteroatoms. The van der Waals surface area contributed by atoms with Crippen LogP contribution in [0.15, 0.2) is 63.7 Å². The normalized spacial score (nSPS) is 17.6. The van der Waals surface area contributed by atoms with Crippen LogP contribution < -0.4 is 4.72 Å². The Kier molecular flexibility index (Phi) is 5.36. The quantitative estimate of drug-likeness (QED) is 0.785. The molecule has 2 aliphatic rings. The first kappa shape index (κ1) is 19.9. The first-order valence-corrected chi connectivity index (χ1v) is 12.4. The van der Waals surface area contributed by atoms with Crippen LogP contribution in [0.3, 0.4) is 0 Å². The number of sulfone groups is 1. The number of hydrogen-bond acceptors (Lipinski definition) is 4. The third-order valence-corrected chi connectivity index (χ3v) is 7.83. The second-order valence-corrected chi connectivity index (χ2v) is 11.7. The number of nitrogens with one attached hydrogen (secondary N) is 1. The van der Waals surface area contributed by atoms with Crippen molar-refractivity contribution in [2.24, 2.45) is 0 Å². The van der Waals surface area contributed by atoms with Crippen molar-refractivity contribution in [3.05, 3.63) is 64.4 Å². The lowest BCUT2D eigenvalue weighted by molar-refractivity contribution is 0.578. The predicted octanol–water partition coefficient (Wildman–Crippen LogP) is 3.26. The summed E-state index contributed by atoms with van der Waals surface area (Å²) in [7, 11) is -6.55. The van der Waals surface area contributed by atoms with Crippen molar-refractivity contribution in [1.82, 2.24) is 4.72 Å². The number of hydrogen-bond donors (Lipinski definition) is 1. The zero-order chi connectivity index (χ0) is 19.8. The fourth-order valence-corrected chi connectivity index (χ4v) is 4.83. The first-order chi connectivity index (χ1) is 12.6.